The number of carbonyl (C=O) groups is 1. The first-order valence-corrected chi connectivity index (χ1v) is 8.82. The fraction of sp³-hybridized carbons (Fsp3) is 0.421. The van der Waals surface area contributed by atoms with Gasteiger partial charge in [-0.3, -0.25) is 9.69 Å². The van der Waals surface area contributed by atoms with Gasteiger partial charge in [-0.1, -0.05) is 12.1 Å². The summed E-state index contributed by atoms with van der Waals surface area (Å²) < 4.78 is 22.4. The molecule has 1 aromatic heterocycles. The van der Waals surface area contributed by atoms with E-state index in [0.29, 0.717) is 31.3 Å². The molecule has 2 aliphatic heterocycles. The molecule has 0 radical (unpaired) electrons. The molecule has 1 aromatic carbocycles. The summed E-state index contributed by atoms with van der Waals surface area (Å²) in [5, 5.41) is 2.98. The van der Waals surface area contributed by atoms with Gasteiger partial charge in [-0.15, -0.1) is 0 Å². The minimum Gasteiger partial charge on any atom is -0.485 e. The van der Waals surface area contributed by atoms with Gasteiger partial charge in [-0.2, -0.15) is 0 Å². The van der Waals surface area contributed by atoms with Crippen molar-refractivity contribution in [3.05, 3.63) is 48.4 Å². The average molecular weight is 358 g/mol. The number of morpholine rings is 1. The molecule has 2 aliphatic rings. The highest BCUT2D eigenvalue weighted by Gasteiger charge is 2.30. The third-order valence-electron chi connectivity index (χ3n) is 4.63. The van der Waals surface area contributed by atoms with Gasteiger partial charge in [0.05, 0.1) is 25.5 Å². The van der Waals surface area contributed by atoms with Crippen LogP contribution in [0.25, 0.3) is 0 Å². The van der Waals surface area contributed by atoms with Gasteiger partial charge in [-0.25, -0.2) is 0 Å². The highest BCUT2D eigenvalue weighted by atomic mass is 16.6. The Morgan fingerprint density at radius 1 is 1.15 bits per heavy atom. The fourth-order valence-corrected chi connectivity index (χ4v) is 3.24. The molecule has 0 unspecified atom stereocenters. The Labute approximate surface area is 151 Å². The van der Waals surface area contributed by atoms with Gasteiger partial charge >= 0.3 is 0 Å². The van der Waals surface area contributed by atoms with Crippen LogP contribution in [0.2, 0.25) is 0 Å². The Morgan fingerprint density at radius 2 is 1.96 bits per heavy atom. The Bertz CT molecular complexity index is 727. The summed E-state index contributed by atoms with van der Waals surface area (Å²) >= 11 is 0. The highest BCUT2D eigenvalue weighted by molar-refractivity contribution is 5.81. The molecule has 4 rings (SSSR count). The van der Waals surface area contributed by atoms with Crippen molar-refractivity contribution in [3.8, 4) is 11.5 Å². The largest absolute Gasteiger partial charge is 0.485 e. The monoisotopic (exact) mass is 358 g/mol. The van der Waals surface area contributed by atoms with Crippen LogP contribution in [0.5, 0.6) is 11.5 Å². The number of hydrogen-bond donors (Lipinski definition) is 1. The molecular formula is C19H22N2O5. The molecule has 0 saturated carbocycles. The van der Waals surface area contributed by atoms with E-state index < -0.39 is 6.10 Å². The SMILES string of the molecule is O=C(NC[C@H](c1ccco1)N1CCOCC1)[C@@H]1COc2ccccc2O1. The molecule has 1 N–H and O–H groups in total. The van der Waals surface area contributed by atoms with Crippen LogP contribution in [-0.2, 0) is 9.53 Å². The van der Waals surface area contributed by atoms with Crippen molar-refractivity contribution in [2.45, 2.75) is 12.1 Å². The first-order valence-electron chi connectivity index (χ1n) is 8.82. The lowest BCUT2D eigenvalue weighted by Gasteiger charge is -2.34. The summed E-state index contributed by atoms with van der Waals surface area (Å²) in [4.78, 5) is 14.8. The molecule has 0 spiro atoms. The molecular weight excluding hydrogens is 336 g/mol. The molecule has 1 amide bonds. The van der Waals surface area contributed by atoms with E-state index in [9.17, 15) is 4.79 Å². The normalized spacial score (nSPS) is 21.2. The van der Waals surface area contributed by atoms with Crippen LogP contribution >= 0.6 is 0 Å². The van der Waals surface area contributed by atoms with Crippen molar-refractivity contribution in [2.24, 2.45) is 0 Å². The molecule has 0 aliphatic carbocycles. The number of para-hydroxylation sites is 2. The second-order valence-electron chi connectivity index (χ2n) is 6.29. The lowest BCUT2D eigenvalue weighted by molar-refractivity contribution is -0.130. The predicted molar refractivity (Wildman–Crippen MR) is 93.2 cm³/mol. The van der Waals surface area contributed by atoms with Gasteiger partial charge in [0.2, 0.25) is 6.10 Å². The van der Waals surface area contributed by atoms with Crippen molar-refractivity contribution in [1.29, 1.82) is 0 Å². The zero-order valence-corrected chi connectivity index (χ0v) is 14.4. The lowest BCUT2D eigenvalue weighted by atomic mass is 10.1. The van der Waals surface area contributed by atoms with E-state index in [2.05, 4.69) is 10.2 Å². The molecule has 26 heavy (non-hydrogen) atoms. The Hall–Kier alpha value is -2.51. The third kappa shape index (κ3) is 3.68. The first kappa shape index (κ1) is 16.9. The second kappa shape index (κ2) is 7.80. The number of carbonyl (C=O) groups excluding carboxylic acids is 1. The maximum absolute atomic E-state index is 12.6. The van der Waals surface area contributed by atoms with Crippen LogP contribution < -0.4 is 14.8 Å². The smallest absolute Gasteiger partial charge is 0.264 e. The van der Waals surface area contributed by atoms with Gasteiger partial charge in [0.15, 0.2) is 11.5 Å². The summed E-state index contributed by atoms with van der Waals surface area (Å²) in [6.07, 6.45) is 0.992. The number of amides is 1. The highest BCUT2D eigenvalue weighted by Crippen LogP contribution is 2.31. The van der Waals surface area contributed by atoms with Crippen molar-refractivity contribution in [2.75, 3.05) is 39.5 Å². The number of nitrogens with zero attached hydrogens (tertiary/aromatic N) is 1. The second-order valence-corrected chi connectivity index (χ2v) is 6.29. The lowest BCUT2D eigenvalue weighted by Crippen LogP contribution is -2.48. The summed E-state index contributed by atoms with van der Waals surface area (Å²) in [5.41, 5.74) is 0. The minimum absolute atomic E-state index is 0.0327. The van der Waals surface area contributed by atoms with Gasteiger partial charge in [0, 0.05) is 19.6 Å². The van der Waals surface area contributed by atoms with Crippen LogP contribution in [0.3, 0.4) is 0 Å². The summed E-state index contributed by atoms with van der Waals surface area (Å²) in [5.74, 6) is 1.90. The van der Waals surface area contributed by atoms with Crippen LogP contribution in [0.15, 0.2) is 47.1 Å². The van der Waals surface area contributed by atoms with E-state index in [1.165, 1.54) is 0 Å². The molecule has 2 aromatic rings. The summed E-state index contributed by atoms with van der Waals surface area (Å²) in [7, 11) is 0. The quantitative estimate of drug-likeness (QED) is 0.875. The topological polar surface area (TPSA) is 73.2 Å². The molecule has 1 saturated heterocycles. The summed E-state index contributed by atoms with van der Waals surface area (Å²) in [6.45, 7) is 3.61. The van der Waals surface area contributed by atoms with E-state index in [0.717, 1.165) is 18.8 Å². The Kier molecular flexibility index (Phi) is 5.08. The number of hydrogen-bond acceptors (Lipinski definition) is 6. The molecule has 7 nitrogen and oxygen atoms in total. The van der Waals surface area contributed by atoms with Crippen molar-refractivity contribution >= 4 is 5.91 Å². The van der Waals surface area contributed by atoms with Gasteiger partial charge < -0.3 is 23.9 Å². The van der Waals surface area contributed by atoms with Crippen LogP contribution in [0, 0.1) is 0 Å². The van der Waals surface area contributed by atoms with E-state index >= 15 is 0 Å². The van der Waals surface area contributed by atoms with Gasteiger partial charge in [0.25, 0.3) is 5.91 Å². The Balaban J connectivity index is 1.39. The number of fused-ring (bicyclic) bond motifs is 1. The first-order chi connectivity index (χ1) is 12.8. The van der Waals surface area contributed by atoms with Gasteiger partial charge in [0.1, 0.15) is 12.4 Å². The molecule has 0 bridgehead atoms. The number of ether oxygens (including phenoxy) is 3. The van der Waals surface area contributed by atoms with E-state index in [1.807, 2.05) is 30.3 Å². The molecule has 7 heteroatoms. The summed E-state index contributed by atoms with van der Waals surface area (Å²) in [6, 6.07) is 11.1. The Morgan fingerprint density at radius 3 is 2.73 bits per heavy atom. The third-order valence-corrected chi connectivity index (χ3v) is 4.63. The molecule has 2 atom stereocenters. The van der Waals surface area contributed by atoms with Crippen LogP contribution in [-0.4, -0.2) is 56.4 Å². The maximum atomic E-state index is 12.6. The molecule has 138 valence electrons. The van der Waals surface area contributed by atoms with Crippen LogP contribution in [0.1, 0.15) is 11.8 Å². The van der Waals surface area contributed by atoms with Crippen molar-refractivity contribution in [1.82, 2.24) is 10.2 Å². The van der Waals surface area contributed by atoms with Crippen molar-refractivity contribution < 1.29 is 23.4 Å². The number of benzene rings is 1. The number of furan rings is 1. The van der Waals surface area contributed by atoms with Crippen molar-refractivity contribution in [3.63, 3.8) is 0 Å². The zero-order valence-electron chi connectivity index (χ0n) is 14.4. The van der Waals surface area contributed by atoms with Gasteiger partial charge in [-0.05, 0) is 24.3 Å². The average Bonchev–Trinajstić information content (AvgIpc) is 3.23. The van der Waals surface area contributed by atoms with E-state index in [-0.39, 0.29) is 18.6 Å². The van der Waals surface area contributed by atoms with E-state index in [1.54, 1.807) is 12.3 Å². The van der Waals surface area contributed by atoms with Crippen LogP contribution in [0.4, 0.5) is 0 Å². The number of rotatable bonds is 5. The van der Waals surface area contributed by atoms with E-state index in [4.69, 9.17) is 18.6 Å². The zero-order chi connectivity index (χ0) is 17.8. The standard InChI is InChI=1S/C19H22N2O5/c22-19(18-13-25-16-4-1-2-5-17(16)26-18)20-12-14(15-6-3-9-24-15)21-7-10-23-11-8-21/h1-6,9,14,18H,7-8,10-13H2,(H,20,22)/t14-,18+/m1/s1. The molecule has 1 fully saturated rings. The fourth-order valence-electron chi connectivity index (χ4n) is 3.24. The number of nitrogens with one attached hydrogen (secondary N) is 1. The predicted octanol–water partition coefficient (Wildman–Crippen LogP) is 1.61. The minimum atomic E-state index is -0.660. The molecule has 3 heterocycles. The maximum Gasteiger partial charge on any atom is 0.264 e.